The van der Waals surface area contributed by atoms with Crippen molar-refractivity contribution in [3.05, 3.63) is 24.3 Å². The molecule has 0 amide bonds. The molecule has 0 bridgehead atoms. The highest BCUT2D eigenvalue weighted by Crippen LogP contribution is 2.12. The molecule has 1 aromatic carbocycles. The Kier molecular flexibility index (Phi) is 4.28. The molecule has 3 N–H and O–H groups in total. The highest BCUT2D eigenvalue weighted by atomic mass is 32.2. The summed E-state index contributed by atoms with van der Waals surface area (Å²) in [6.45, 7) is 2.05. The Labute approximate surface area is 95.7 Å². The molecular formula is C10H16N2O3S. The fourth-order valence-corrected chi connectivity index (χ4v) is 2.58. The molecule has 1 atom stereocenters. The van der Waals surface area contributed by atoms with Crippen LogP contribution in [0.5, 0.6) is 0 Å². The van der Waals surface area contributed by atoms with Gasteiger partial charge in [-0.15, -0.1) is 0 Å². The van der Waals surface area contributed by atoms with Crippen molar-refractivity contribution in [3.63, 3.8) is 0 Å². The zero-order valence-electron chi connectivity index (χ0n) is 9.30. The van der Waals surface area contributed by atoms with E-state index in [0.717, 1.165) is 0 Å². The van der Waals surface area contributed by atoms with Crippen molar-refractivity contribution in [1.82, 2.24) is 4.72 Å². The van der Waals surface area contributed by atoms with Crippen LogP contribution < -0.4 is 10.5 Å². The molecule has 6 heteroatoms. The molecule has 0 saturated heterocycles. The van der Waals surface area contributed by atoms with Gasteiger partial charge in [0.2, 0.25) is 10.0 Å². The minimum Gasteiger partial charge on any atom is -0.399 e. The predicted molar refractivity (Wildman–Crippen MR) is 62.5 cm³/mol. The third-order valence-corrected chi connectivity index (χ3v) is 3.53. The van der Waals surface area contributed by atoms with E-state index in [0.29, 0.717) is 12.3 Å². The van der Waals surface area contributed by atoms with Crippen LogP contribution in [0.3, 0.4) is 0 Å². The van der Waals surface area contributed by atoms with Gasteiger partial charge in [-0.3, -0.25) is 0 Å². The molecule has 0 radical (unpaired) electrons. The van der Waals surface area contributed by atoms with Crippen LogP contribution in [-0.4, -0.2) is 28.2 Å². The second-order valence-electron chi connectivity index (χ2n) is 3.55. The molecule has 90 valence electrons. The van der Waals surface area contributed by atoms with Gasteiger partial charge in [0.15, 0.2) is 0 Å². The minimum absolute atomic E-state index is 0.162. The lowest BCUT2D eigenvalue weighted by Gasteiger charge is -2.13. The maximum atomic E-state index is 11.8. The third kappa shape index (κ3) is 3.48. The number of benzene rings is 1. The molecule has 1 unspecified atom stereocenters. The number of nitrogen functional groups attached to an aromatic ring is 1. The zero-order chi connectivity index (χ0) is 12.2. The largest absolute Gasteiger partial charge is 0.399 e. The lowest BCUT2D eigenvalue weighted by atomic mass is 10.3. The molecule has 0 aromatic heterocycles. The highest BCUT2D eigenvalue weighted by molar-refractivity contribution is 7.89. The van der Waals surface area contributed by atoms with Crippen LogP contribution in [0, 0.1) is 0 Å². The van der Waals surface area contributed by atoms with Crippen LogP contribution in [0.4, 0.5) is 5.69 Å². The molecule has 16 heavy (non-hydrogen) atoms. The summed E-state index contributed by atoms with van der Waals surface area (Å²) in [7, 11) is -2.00. The van der Waals surface area contributed by atoms with Crippen molar-refractivity contribution in [2.45, 2.75) is 17.9 Å². The SMILES string of the molecule is COCC(C)NS(=O)(=O)c1cccc(N)c1. The first-order valence-corrected chi connectivity index (χ1v) is 6.31. The quantitative estimate of drug-likeness (QED) is 0.742. The second kappa shape index (κ2) is 5.29. The lowest BCUT2D eigenvalue weighted by molar-refractivity contribution is 0.180. The number of hydrogen-bond donors (Lipinski definition) is 2. The zero-order valence-corrected chi connectivity index (χ0v) is 10.1. The van der Waals surface area contributed by atoms with E-state index in [2.05, 4.69) is 4.72 Å². The van der Waals surface area contributed by atoms with Gasteiger partial charge in [0.1, 0.15) is 0 Å². The van der Waals surface area contributed by atoms with Crippen molar-refractivity contribution in [2.24, 2.45) is 0 Å². The average Bonchev–Trinajstić information content (AvgIpc) is 2.17. The van der Waals surface area contributed by atoms with Gasteiger partial charge >= 0.3 is 0 Å². The van der Waals surface area contributed by atoms with Gasteiger partial charge < -0.3 is 10.5 Å². The number of methoxy groups -OCH3 is 1. The summed E-state index contributed by atoms with van der Waals surface area (Å²) >= 11 is 0. The molecule has 0 saturated carbocycles. The van der Waals surface area contributed by atoms with Gasteiger partial charge in [0.05, 0.1) is 11.5 Å². The third-order valence-electron chi connectivity index (χ3n) is 1.94. The van der Waals surface area contributed by atoms with Crippen molar-refractivity contribution in [3.8, 4) is 0 Å². The van der Waals surface area contributed by atoms with E-state index in [4.69, 9.17) is 10.5 Å². The van der Waals surface area contributed by atoms with E-state index in [9.17, 15) is 8.42 Å². The Hall–Kier alpha value is -1.11. The number of anilines is 1. The lowest BCUT2D eigenvalue weighted by Crippen LogP contribution is -2.35. The highest BCUT2D eigenvalue weighted by Gasteiger charge is 2.16. The molecule has 5 nitrogen and oxygen atoms in total. The summed E-state index contributed by atoms with van der Waals surface area (Å²) in [4.78, 5) is 0.162. The molecule has 0 spiro atoms. The molecule has 1 rings (SSSR count). The van der Waals surface area contributed by atoms with Crippen LogP contribution in [0.25, 0.3) is 0 Å². The van der Waals surface area contributed by atoms with Crippen LogP contribution in [0.1, 0.15) is 6.92 Å². The van der Waals surface area contributed by atoms with E-state index in [1.165, 1.54) is 19.2 Å². The maximum absolute atomic E-state index is 11.8. The Bertz CT molecular complexity index is 445. The molecule has 0 aliphatic carbocycles. The first kappa shape index (κ1) is 13.0. The van der Waals surface area contributed by atoms with E-state index in [1.807, 2.05) is 0 Å². The first-order valence-electron chi connectivity index (χ1n) is 4.82. The van der Waals surface area contributed by atoms with Crippen LogP contribution in [0.15, 0.2) is 29.2 Å². The van der Waals surface area contributed by atoms with Crippen molar-refractivity contribution < 1.29 is 13.2 Å². The molecule has 0 aliphatic heterocycles. The minimum atomic E-state index is -3.51. The van der Waals surface area contributed by atoms with Gasteiger partial charge in [0, 0.05) is 18.8 Å². The van der Waals surface area contributed by atoms with Crippen molar-refractivity contribution >= 4 is 15.7 Å². The van der Waals surface area contributed by atoms with Gasteiger partial charge in [-0.2, -0.15) is 0 Å². The van der Waals surface area contributed by atoms with E-state index >= 15 is 0 Å². The van der Waals surface area contributed by atoms with Crippen LogP contribution >= 0.6 is 0 Å². The fourth-order valence-electron chi connectivity index (χ4n) is 1.30. The van der Waals surface area contributed by atoms with Gasteiger partial charge in [-0.05, 0) is 25.1 Å². The van der Waals surface area contributed by atoms with Crippen LogP contribution in [-0.2, 0) is 14.8 Å². The molecule has 0 aliphatic rings. The predicted octanol–water partition coefficient (Wildman–Crippen LogP) is 0.582. The van der Waals surface area contributed by atoms with Crippen molar-refractivity contribution in [2.75, 3.05) is 19.5 Å². The standard InChI is InChI=1S/C10H16N2O3S/c1-8(7-15-2)12-16(13,14)10-5-3-4-9(11)6-10/h3-6,8,12H,7,11H2,1-2H3. The van der Waals surface area contributed by atoms with E-state index in [-0.39, 0.29) is 10.9 Å². The molecule has 1 aromatic rings. The van der Waals surface area contributed by atoms with Gasteiger partial charge in [-0.1, -0.05) is 6.07 Å². The summed E-state index contributed by atoms with van der Waals surface area (Å²) in [5, 5.41) is 0. The average molecular weight is 244 g/mol. The number of rotatable bonds is 5. The molecule has 0 heterocycles. The second-order valence-corrected chi connectivity index (χ2v) is 5.26. The number of hydrogen-bond acceptors (Lipinski definition) is 4. The van der Waals surface area contributed by atoms with Gasteiger partial charge in [0.25, 0.3) is 0 Å². The summed E-state index contributed by atoms with van der Waals surface area (Å²) < 4.78 is 31.0. The monoisotopic (exact) mass is 244 g/mol. The summed E-state index contributed by atoms with van der Waals surface area (Å²) in [5.74, 6) is 0. The van der Waals surface area contributed by atoms with Crippen LogP contribution in [0.2, 0.25) is 0 Å². The number of nitrogens with one attached hydrogen (secondary N) is 1. The van der Waals surface area contributed by atoms with Gasteiger partial charge in [-0.25, -0.2) is 13.1 Å². The number of sulfonamides is 1. The Morgan fingerprint density at radius 3 is 2.75 bits per heavy atom. The summed E-state index contributed by atoms with van der Waals surface area (Å²) in [6, 6.07) is 5.87. The number of nitrogens with two attached hydrogens (primary N) is 1. The van der Waals surface area contributed by atoms with E-state index < -0.39 is 10.0 Å². The fraction of sp³-hybridized carbons (Fsp3) is 0.400. The smallest absolute Gasteiger partial charge is 0.240 e. The van der Waals surface area contributed by atoms with Crippen molar-refractivity contribution in [1.29, 1.82) is 0 Å². The molecule has 0 fully saturated rings. The maximum Gasteiger partial charge on any atom is 0.240 e. The summed E-state index contributed by atoms with van der Waals surface area (Å²) in [6.07, 6.45) is 0. The first-order chi connectivity index (χ1) is 7.45. The summed E-state index contributed by atoms with van der Waals surface area (Å²) in [5.41, 5.74) is 5.95. The Morgan fingerprint density at radius 2 is 2.19 bits per heavy atom. The topological polar surface area (TPSA) is 81.4 Å². The normalized spacial score (nSPS) is 13.6. The molecular weight excluding hydrogens is 228 g/mol. The Morgan fingerprint density at radius 1 is 1.50 bits per heavy atom. The Balaban J connectivity index is 2.86. The van der Waals surface area contributed by atoms with E-state index in [1.54, 1.807) is 19.1 Å². The number of ether oxygens (including phenoxy) is 1.